The highest BCUT2D eigenvalue weighted by Gasteiger charge is 2.50. The molecule has 0 saturated carbocycles. The first-order valence-electron chi connectivity index (χ1n) is 8.33. The third-order valence-electron chi connectivity index (χ3n) is 5.34. The summed E-state index contributed by atoms with van der Waals surface area (Å²) in [6.07, 6.45) is 2.50. The number of ether oxygens (including phenoxy) is 1. The highest BCUT2D eigenvalue weighted by Crippen LogP contribution is 2.47. The van der Waals surface area contributed by atoms with Crippen molar-refractivity contribution in [2.75, 3.05) is 13.7 Å². The summed E-state index contributed by atoms with van der Waals surface area (Å²) in [5.41, 5.74) is 1.24. The monoisotopic (exact) mass is 355 g/mol. The summed E-state index contributed by atoms with van der Waals surface area (Å²) >= 11 is 0. The van der Waals surface area contributed by atoms with Gasteiger partial charge in [-0.15, -0.1) is 9.24 Å². The van der Waals surface area contributed by atoms with Crippen LogP contribution >= 0.6 is 9.24 Å². The highest BCUT2D eigenvalue weighted by molar-refractivity contribution is 7.21. The van der Waals surface area contributed by atoms with E-state index in [2.05, 4.69) is 9.24 Å². The zero-order chi connectivity index (χ0) is 18.2. The Hall–Kier alpha value is -2.18. The largest absolute Gasteiger partial charge is 0.497 e. The molecule has 6 heteroatoms. The molecule has 0 amide bonds. The first-order chi connectivity index (χ1) is 11.9. The number of amidine groups is 1. The Morgan fingerprint density at radius 1 is 1.52 bits per heavy atom. The highest BCUT2D eigenvalue weighted by atomic mass is 31.0. The number of hydrogen-bond acceptors (Lipinski definition) is 4. The van der Waals surface area contributed by atoms with E-state index in [4.69, 9.17) is 10.1 Å². The van der Waals surface area contributed by atoms with Crippen molar-refractivity contribution in [2.45, 2.75) is 25.0 Å². The summed E-state index contributed by atoms with van der Waals surface area (Å²) in [7, 11) is 4.38. The Bertz CT molecular complexity index is 798. The average molecular weight is 355 g/mol. The van der Waals surface area contributed by atoms with E-state index < -0.39 is 5.16 Å². The van der Waals surface area contributed by atoms with Crippen molar-refractivity contribution in [3.05, 3.63) is 41.5 Å². The Morgan fingerprint density at radius 2 is 2.28 bits per heavy atom. The normalized spacial score (nSPS) is 28.9. The van der Waals surface area contributed by atoms with Crippen molar-refractivity contribution < 1.29 is 9.53 Å². The number of methoxy groups -OCH3 is 1. The molecule has 1 aliphatic carbocycles. The van der Waals surface area contributed by atoms with E-state index in [1.54, 1.807) is 13.2 Å². The molecule has 1 heterocycles. The van der Waals surface area contributed by atoms with Gasteiger partial charge in [-0.2, -0.15) is 5.26 Å². The summed E-state index contributed by atoms with van der Waals surface area (Å²) in [4.78, 5) is 14.3. The number of ketones is 1. The van der Waals surface area contributed by atoms with Gasteiger partial charge in [0.25, 0.3) is 0 Å². The van der Waals surface area contributed by atoms with Crippen molar-refractivity contribution in [1.29, 1.82) is 10.7 Å². The number of benzene rings is 1. The second-order valence-electron chi connectivity index (χ2n) is 6.77. The van der Waals surface area contributed by atoms with Gasteiger partial charge < -0.3 is 9.64 Å². The van der Waals surface area contributed by atoms with Gasteiger partial charge in [-0.3, -0.25) is 10.2 Å². The maximum Gasteiger partial charge on any atom is 0.176 e. The molecule has 5 nitrogen and oxygen atoms in total. The molecule has 0 radical (unpaired) electrons. The van der Waals surface area contributed by atoms with Crippen LogP contribution in [0.1, 0.15) is 18.9 Å². The number of rotatable bonds is 3. The number of carbonyl (C=O) groups is 1. The third-order valence-corrected chi connectivity index (χ3v) is 6.21. The van der Waals surface area contributed by atoms with Gasteiger partial charge in [0.2, 0.25) is 0 Å². The lowest BCUT2D eigenvalue weighted by molar-refractivity contribution is -0.120. The second-order valence-corrected chi connectivity index (χ2v) is 7.73. The molecule has 1 unspecified atom stereocenters. The number of Topliss-reactive ketones (excluding diaryl/α,β-unsaturated/α-hetero) is 1. The van der Waals surface area contributed by atoms with Gasteiger partial charge in [0.15, 0.2) is 5.78 Å². The summed E-state index contributed by atoms with van der Waals surface area (Å²) in [5, 5.41) is 17.4. The molecule has 130 valence electrons. The Kier molecular flexibility index (Phi) is 4.67. The smallest absolute Gasteiger partial charge is 0.176 e. The number of nitrogens with one attached hydrogen (secondary N) is 1. The number of fused-ring (bicyclic) bond motifs is 1. The van der Waals surface area contributed by atoms with Crippen molar-refractivity contribution in [3.63, 3.8) is 0 Å². The van der Waals surface area contributed by atoms with Crippen LogP contribution in [0.15, 0.2) is 35.9 Å². The van der Waals surface area contributed by atoms with Crippen LogP contribution in [0.25, 0.3) is 0 Å². The second kappa shape index (κ2) is 6.61. The van der Waals surface area contributed by atoms with Crippen LogP contribution in [-0.2, 0) is 11.3 Å². The quantitative estimate of drug-likeness (QED) is 0.846. The van der Waals surface area contributed by atoms with Gasteiger partial charge >= 0.3 is 0 Å². The first-order valence-corrected chi connectivity index (χ1v) is 8.91. The molecule has 1 N–H and O–H groups in total. The minimum absolute atomic E-state index is 0.0381. The van der Waals surface area contributed by atoms with Gasteiger partial charge in [0.05, 0.1) is 17.8 Å². The topological polar surface area (TPSA) is 77.2 Å². The molecule has 2 aliphatic rings. The molecule has 1 fully saturated rings. The van der Waals surface area contributed by atoms with Gasteiger partial charge in [-0.25, -0.2) is 0 Å². The van der Waals surface area contributed by atoms with E-state index in [1.165, 1.54) is 0 Å². The Balaban J connectivity index is 1.90. The zero-order valence-electron chi connectivity index (χ0n) is 14.5. The average Bonchev–Trinajstić information content (AvgIpc) is 2.62. The number of carbonyl (C=O) groups excluding carboxylic acids is 1. The molecule has 0 bridgehead atoms. The lowest BCUT2D eigenvalue weighted by Gasteiger charge is -2.49. The number of hydrogen-bond donors (Lipinski definition) is 1. The molecule has 1 aliphatic heterocycles. The predicted molar refractivity (Wildman–Crippen MR) is 99.5 cm³/mol. The van der Waals surface area contributed by atoms with Crippen LogP contribution in [0.3, 0.4) is 0 Å². The fourth-order valence-electron chi connectivity index (χ4n) is 3.91. The molecule has 25 heavy (non-hydrogen) atoms. The van der Waals surface area contributed by atoms with Gasteiger partial charge in [0, 0.05) is 19.0 Å². The zero-order valence-corrected chi connectivity index (χ0v) is 15.6. The maximum absolute atomic E-state index is 12.3. The van der Waals surface area contributed by atoms with Gasteiger partial charge in [0.1, 0.15) is 17.7 Å². The number of allylic oxidation sites excluding steroid dienone is 1. The van der Waals surface area contributed by atoms with Crippen molar-refractivity contribution >= 4 is 20.9 Å². The lowest BCUT2D eigenvalue weighted by atomic mass is 9.68. The number of likely N-dealkylation sites (tertiary alicyclic amines) is 1. The fraction of sp³-hybridized carbons (Fsp3) is 0.421. The van der Waals surface area contributed by atoms with E-state index in [1.807, 2.05) is 42.2 Å². The van der Waals surface area contributed by atoms with E-state index >= 15 is 0 Å². The fourth-order valence-corrected chi connectivity index (χ4v) is 4.71. The van der Waals surface area contributed by atoms with E-state index in [-0.39, 0.29) is 23.2 Å². The summed E-state index contributed by atoms with van der Waals surface area (Å²) < 4.78 is 5.27. The maximum atomic E-state index is 12.3. The van der Waals surface area contributed by atoms with Crippen molar-refractivity contribution in [3.8, 4) is 11.8 Å². The van der Waals surface area contributed by atoms with Crippen LogP contribution in [0, 0.1) is 28.6 Å². The van der Waals surface area contributed by atoms with Crippen molar-refractivity contribution in [1.82, 2.24) is 4.90 Å². The molecule has 3 rings (SSSR count). The van der Waals surface area contributed by atoms with Gasteiger partial charge in [-0.1, -0.05) is 19.1 Å². The van der Waals surface area contributed by atoms with Crippen LogP contribution in [0.5, 0.6) is 5.75 Å². The van der Waals surface area contributed by atoms with Crippen LogP contribution in [0.2, 0.25) is 0 Å². The standard InChI is InChI=1S/C19H22N3O2P/c1-12-16-6-7-22(11-13-4-3-5-15(8-13)24-2)18(21)19(16,25)9-14(10-20)17(12)23/h3-5,8-9,12,16,21H,6-7,11,25H2,1-2H3/t12-,16-,19+/m1/s1. The van der Waals surface area contributed by atoms with Crippen LogP contribution in [0.4, 0.5) is 0 Å². The van der Waals surface area contributed by atoms with Crippen LogP contribution in [-0.4, -0.2) is 35.3 Å². The molecular weight excluding hydrogens is 333 g/mol. The molecule has 4 atom stereocenters. The minimum atomic E-state index is -0.657. The molecule has 0 spiro atoms. The molecule has 1 aromatic carbocycles. The number of piperidine rings is 1. The van der Waals surface area contributed by atoms with E-state index in [0.717, 1.165) is 24.3 Å². The minimum Gasteiger partial charge on any atom is -0.497 e. The lowest BCUT2D eigenvalue weighted by Crippen LogP contribution is -2.57. The third kappa shape index (κ3) is 2.96. The molecular formula is C19H22N3O2P. The molecule has 1 aromatic rings. The van der Waals surface area contributed by atoms with Crippen LogP contribution < -0.4 is 4.74 Å². The summed E-state index contributed by atoms with van der Waals surface area (Å²) in [6, 6.07) is 9.83. The summed E-state index contributed by atoms with van der Waals surface area (Å²) in [5.74, 6) is 0.943. The Labute approximate surface area is 150 Å². The Morgan fingerprint density at radius 3 is 2.96 bits per heavy atom. The van der Waals surface area contributed by atoms with E-state index in [9.17, 15) is 10.1 Å². The molecule has 1 saturated heterocycles. The number of nitrogens with zero attached hydrogens (tertiary/aromatic N) is 2. The first kappa shape index (κ1) is 17.6. The summed E-state index contributed by atoms with van der Waals surface area (Å²) in [6.45, 7) is 3.21. The van der Waals surface area contributed by atoms with Gasteiger partial charge in [-0.05, 0) is 36.1 Å². The van der Waals surface area contributed by atoms with Crippen molar-refractivity contribution in [2.24, 2.45) is 11.8 Å². The predicted octanol–water partition coefficient (Wildman–Crippen LogP) is 2.78. The number of nitriles is 1. The molecule has 0 aromatic heterocycles. The SMILES string of the molecule is COc1cccc(CN2CC[C@@H]3[C@@H](C)C(=O)C(C#N)=C[C@@]3(P)C2=N)c1. The van der Waals surface area contributed by atoms with E-state index in [0.29, 0.717) is 12.4 Å².